The maximum absolute atomic E-state index is 14.1. The van der Waals surface area contributed by atoms with E-state index in [0.717, 1.165) is 46.4 Å². The number of carbonyl (C=O) groups is 1. The van der Waals surface area contributed by atoms with E-state index in [9.17, 15) is 4.79 Å². The molecule has 0 aliphatic heterocycles. The highest BCUT2D eigenvalue weighted by Gasteiger charge is 2.26. The fourth-order valence-corrected chi connectivity index (χ4v) is 5.04. The Hall–Kier alpha value is -4.18. The molecule has 1 amide bonds. The summed E-state index contributed by atoms with van der Waals surface area (Å²) in [5.74, 6) is 0.711. The number of carbonyl (C=O) groups excluding carboxylic acids is 1. The van der Waals surface area contributed by atoms with Crippen molar-refractivity contribution >= 4 is 16.7 Å². The number of nitrogens with zero attached hydrogens (tertiary/aromatic N) is 2. The summed E-state index contributed by atoms with van der Waals surface area (Å²) in [6.07, 6.45) is 1.82. The Balaban J connectivity index is 1.62. The van der Waals surface area contributed by atoms with Gasteiger partial charge in [0.15, 0.2) is 0 Å². The molecule has 1 heterocycles. The van der Waals surface area contributed by atoms with Crippen LogP contribution in [0.1, 0.15) is 54.8 Å². The lowest BCUT2D eigenvalue weighted by atomic mass is 9.99. The number of aryl methyl sites for hydroxylation is 1. The molecule has 4 nitrogen and oxygen atoms in total. The predicted octanol–water partition coefficient (Wildman–Crippen LogP) is 7.83. The van der Waals surface area contributed by atoms with Gasteiger partial charge in [-0.05, 0) is 47.7 Å². The van der Waals surface area contributed by atoms with Gasteiger partial charge in [0, 0.05) is 17.7 Å². The van der Waals surface area contributed by atoms with Gasteiger partial charge in [-0.25, -0.2) is 4.98 Å². The minimum Gasteiger partial charge on any atom is -0.344 e. The molecule has 37 heavy (non-hydrogen) atoms. The Morgan fingerprint density at radius 3 is 2.35 bits per heavy atom. The zero-order valence-corrected chi connectivity index (χ0v) is 21.7. The summed E-state index contributed by atoms with van der Waals surface area (Å²) in [6.45, 7) is 7.03. The summed E-state index contributed by atoms with van der Waals surface area (Å²) < 4.78 is 2.09. The van der Waals surface area contributed by atoms with Gasteiger partial charge in [0.1, 0.15) is 17.2 Å². The van der Waals surface area contributed by atoms with E-state index in [1.165, 1.54) is 10.9 Å². The number of rotatable bonds is 8. The first-order chi connectivity index (χ1) is 18.1. The molecule has 0 fully saturated rings. The van der Waals surface area contributed by atoms with Gasteiger partial charge in [-0.2, -0.15) is 0 Å². The van der Waals surface area contributed by atoms with Crippen molar-refractivity contribution in [3.8, 4) is 22.6 Å². The summed E-state index contributed by atoms with van der Waals surface area (Å²) in [7, 11) is 0. The highest BCUT2D eigenvalue weighted by Crippen LogP contribution is 2.32. The van der Waals surface area contributed by atoms with Crippen LogP contribution in [-0.2, 0) is 13.0 Å². The molecule has 1 aromatic heterocycles. The quantitative estimate of drug-likeness (QED) is 0.242. The van der Waals surface area contributed by atoms with Gasteiger partial charge in [0.2, 0.25) is 0 Å². The van der Waals surface area contributed by atoms with E-state index in [1.807, 2.05) is 30.3 Å². The van der Waals surface area contributed by atoms with Crippen molar-refractivity contribution in [1.82, 2.24) is 14.9 Å². The number of aromatic nitrogens is 2. The molecule has 0 aliphatic rings. The van der Waals surface area contributed by atoms with Gasteiger partial charge in [0.25, 0.3) is 5.91 Å². The molecule has 5 rings (SSSR count). The van der Waals surface area contributed by atoms with Crippen molar-refractivity contribution in [2.75, 3.05) is 0 Å². The number of fused-ring (bicyclic) bond motifs is 1. The van der Waals surface area contributed by atoms with E-state index in [1.54, 1.807) is 0 Å². The Bertz CT molecular complexity index is 1530. The molecule has 4 heteroatoms. The Morgan fingerprint density at radius 2 is 1.57 bits per heavy atom. The summed E-state index contributed by atoms with van der Waals surface area (Å²) in [6, 6.07) is 32.9. The van der Waals surface area contributed by atoms with E-state index in [4.69, 9.17) is 4.98 Å². The lowest BCUT2D eigenvalue weighted by molar-refractivity contribution is 0.0931. The van der Waals surface area contributed by atoms with Gasteiger partial charge in [0.05, 0.1) is 6.04 Å². The minimum atomic E-state index is -0.168. The third-order valence-corrected chi connectivity index (χ3v) is 6.91. The topological polar surface area (TPSA) is 46.9 Å². The van der Waals surface area contributed by atoms with Crippen LogP contribution in [0.15, 0.2) is 97.1 Å². The van der Waals surface area contributed by atoms with Crippen LogP contribution in [0.25, 0.3) is 33.4 Å². The fourth-order valence-electron chi connectivity index (χ4n) is 5.04. The Morgan fingerprint density at radius 1 is 0.865 bits per heavy atom. The number of hydrogen-bond acceptors (Lipinski definition) is 2. The number of nitrogens with one attached hydrogen (secondary N) is 1. The van der Waals surface area contributed by atoms with Crippen molar-refractivity contribution in [2.24, 2.45) is 0 Å². The van der Waals surface area contributed by atoms with Crippen LogP contribution in [0.3, 0.4) is 0 Å². The fraction of sp³-hybridized carbons (Fsp3) is 0.212. The van der Waals surface area contributed by atoms with Crippen molar-refractivity contribution in [2.45, 2.75) is 46.2 Å². The second-order valence-corrected chi connectivity index (χ2v) is 9.47. The molecule has 1 unspecified atom stereocenters. The monoisotopic (exact) mass is 487 g/mol. The molecule has 1 atom stereocenters. The largest absolute Gasteiger partial charge is 0.344 e. The number of imidazole rings is 1. The zero-order valence-electron chi connectivity index (χ0n) is 21.7. The molecule has 0 saturated carbocycles. The maximum Gasteiger partial charge on any atom is 0.270 e. The molecule has 4 aromatic carbocycles. The summed E-state index contributed by atoms with van der Waals surface area (Å²) in [5, 5.41) is 5.63. The summed E-state index contributed by atoms with van der Waals surface area (Å²) in [4.78, 5) is 19.2. The number of benzene rings is 4. The average Bonchev–Trinajstić information content (AvgIpc) is 3.33. The molecule has 0 spiro atoms. The van der Waals surface area contributed by atoms with Gasteiger partial charge in [-0.3, -0.25) is 4.79 Å². The standard InChI is InChI=1S/C33H33N3O/c1-4-21-36-31(33(37)34-23(3)28-20-12-17-25-14-9-10-19-29(25)28)30(27-18-11-13-24(5-2)22-27)35-32(36)26-15-7-6-8-16-26/h6-20,22-23H,4-5,21H2,1-3H3,(H,34,37). The molecule has 0 saturated heterocycles. The van der Waals surface area contributed by atoms with E-state index < -0.39 is 0 Å². The van der Waals surface area contributed by atoms with Crippen LogP contribution in [0.2, 0.25) is 0 Å². The SMILES string of the molecule is CCCn1c(-c2ccccc2)nc(-c2cccc(CC)c2)c1C(=O)NC(C)c1cccc2ccccc12. The lowest BCUT2D eigenvalue weighted by Gasteiger charge is -2.18. The van der Waals surface area contributed by atoms with E-state index in [2.05, 4.69) is 97.4 Å². The number of hydrogen-bond donors (Lipinski definition) is 1. The smallest absolute Gasteiger partial charge is 0.270 e. The normalized spacial score (nSPS) is 12.0. The molecule has 1 N–H and O–H groups in total. The van der Waals surface area contributed by atoms with E-state index in [0.29, 0.717) is 12.2 Å². The van der Waals surface area contributed by atoms with Gasteiger partial charge in [-0.15, -0.1) is 0 Å². The second-order valence-electron chi connectivity index (χ2n) is 9.47. The lowest BCUT2D eigenvalue weighted by Crippen LogP contribution is -2.29. The summed E-state index contributed by atoms with van der Waals surface area (Å²) >= 11 is 0. The van der Waals surface area contributed by atoms with Gasteiger partial charge in [-0.1, -0.05) is 105 Å². The third kappa shape index (κ3) is 4.92. The predicted molar refractivity (Wildman–Crippen MR) is 153 cm³/mol. The molecular weight excluding hydrogens is 454 g/mol. The second kappa shape index (κ2) is 10.8. The van der Waals surface area contributed by atoms with Gasteiger partial charge < -0.3 is 9.88 Å². The van der Waals surface area contributed by atoms with Crippen LogP contribution in [-0.4, -0.2) is 15.5 Å². The van der Waals surface area contributed by atoms with Crippen LogP contribution in [0.4, 0.5) is 0 Å². The van der Waals surface area contributed by atoms with Crippen molar-refractivity contribution in [3.05, 3.63) is 114 Å². The van der Waals surface area contributed by atoms with Crippen LogP contribution < -0.4 is 5.32 Å². The third-order valence-electron chi connectivity index (χ3n) is 6.91. The minimum absolute atomic E-state index is 0.111. The highest BCUT2D eigenvalue weighted by molar-refractivity contribution is 6.00. The summed E-state index contributed by atoms with van der Waals surface area (Å²) in [5.41, 5.74) is 5.63. The molecule has 0 bridgehead atoms. The van der Waals surface area contributed by atoms with E-state index >= 15 is 0 Å². The number of amides is 1. The molecule has 0 aliphatic carbocycles. The first-order valence-corrected chi connectivity index (χ1v) is 13.1. The van der Waals surface area contributed by atoms with Crippen molar-refractivity contribution in [3.63, 3.8) is 0 Å². The van der Waals surface area contributed by atoms with Crippen LogP contribution in [0, 0.1) is 0 Å². The van der Waals surface area contributed by atoms with Crippen molar-refractivity contribution in [1.29, 1.82) is 0 Å². The average molecular weight is 488 g/mol. The zero-order chi connectivity index (χ0) is 25.8. The first-order valence-electron chi connectivity index (χ1n) is 13.1. The highest BCUT2D eigenvalue weighted by atomic mass is 16.2. The molecular formula is C33H33N3O. The molecule has 186 valence electrons. The van der Waals surface area contributed by atoms with Gasteiger partial charge >= 0.3 is 0 Å². The molecule has 0 radical (unpaired) electrons. The van der Waals surface area contributed by atoms with Crippen LogP contribution in [0.5, 0.6) is 0 Å². The van der Waals surface area contributed by atoms with E-state index in [-0.39, 0.29) is 11.9 Å². The molecule has 5 aromatic rings. The van der Waals surface area contributed by atoms with Crippen LogP contribution >= 0.6 is 0 Å². The van der Waals surface area contributed by atoms with Crippen molar-refractivity contribution < 1.29 is 4.79 Å². The Kier molecular flexibility index (Phi) is 7.18. The first kappa shape index (κ1) is 24.5. The Labute approximate surface area is 219 Å². The maximum atomic E-state index is 14.1.